The maximum absolute atomic E-state index is 11.4. The van der Waals surface area contributed by atoms with E-state index in [0.29, 0.717) is 5.69 Å². The van der Waals surface area contributed by atoms with E-state index in [4.69, 9.17) is 0 Å². The zero-order valence-corrected chi connectivity index (χ0v) is 11.2. The molecule has 0 unspecified atom stereocenters. The molecule has 0 radical (unpaired) electrons. The first-order valence-electron chi connectivity index (χ1n) is 5.59. The Morgan fingerprint density at radius 1 is 1.00 bits per heavy atom. The molecule has 94 valence electrons. The summed E-state index contributed by atoms with van der Waals surface area (Å²) in [4.78, 5) is 0. The molecule has 0 aliphatic heterocycles. The quantitative estimate of drug-likeness (QED) is 0.923. The van der Waals surface area contributed by atoms with Crippen molar-refractivity contribution >= 4 is 15.7 Å². The van der Waals surface area contributed by atoms with Crippen LogP contribution in [0.2, 0.25) is 0 Å². The van der Waals surface area contributed by atoms with E-state index in [9.17, 15) is 8.42 Å². The molecule has 0 bridgehead atoms. The molecule has 2 aromatic rings. The summed E-state index contributed by atoms with van der Waals surface area (Å²) in [6, 6.07) is 15.4. The van der Waals surface area contributed by atoms with Crippen LogP contribution in [0.3, 0.4) is 0 Å². The fourth-order valence-electron chi connectivity index (χ4n) is 1.80. The van der Waals surface area contributed by atoms with Gasteiger partial charge in [-0.15, -0.1) is 0 Å². The summed E-state index contributed by atoms with van der Waals surface area (Å²) in [6.07, 6.45) is 1.15. The molecule has 0 atom stereocenters. The third-order valence-electron chi connectivity index (χ3n) is 2.56. The SMILES string of the molecule is Cc1ccc(NS(C)(=O)=O)c(-c2ccccc2)c1. The second kappa shape index (κ2) is 4.82. The van der Waals surface area contributed by atoms with E-state index in [1.165, 1.54) is 0 Å². The molecular weight excluding hydrogens is 246 g/mol. The molecule has 0 heterocycles. The Labute approximate surface area is 108 Å². The van der Waals surface area contributed by atoms with E-state index in [1.807, 2.05) is 49.4 Å². The largest absolute Gasteiger partial charge is 0.283 e. The van der Waals surface area contributed by atoms with Crippen LogP contribution in [0.5, 0.6) is 0 Å². The third kappa shape index (κ3) is 3.11. The van der Waals surface area contributed by atoms with Gasteiger partial charge in [0.15, 0.2) is 0 Å². The van der Waals surface area contributed by atoms with Gasteiger partial charge >= 0.3 is 0 Å². The summed E-state index contributed by atoms with van der Waals surface area (Å²) >= 11 is 0. The Bertz CT molecular complexity index is 649. The molecule has 0 aliphatic rings. The number of aryl methyl sites for hydroxylation is 1. The van der Waals surface area contributed by atoms with Gasteiger partial charge in [0.05, 0.1) is 11.9 Å². The smallest absolute Gasteiger partial charge is 0.229 e. The monoisotopic (exact) mass is 261 g/mol. The van der Waals surface area contributed by atoms with Crippen molar-refractivity contribution in [3.63, 3.8) is 0 Å². The highest BCUT2D eigenvalue weighted by Crippen LogP contribution is 2.29. The van der Waals surface area contributed by atoms with E-state index in [1.54, 1.807) is 6.07 Å². The number of sulfonamides is 1. The van der Waals surface area contributed by atoms with Crippen LogP contribution in [-0.4, -0.2) is 14.7 Å². The van der Waals surface area contributed by atoms with Crippen molar-refractivity contribution < 1.29 is 8.42 Å². The molecule has 18 heavy (non-hydrogen) atoms. The van der Waals surface area contributed by atoms with Gasteiger partial charge in [-0.3, -0.25) is 4.72 Å². The van der Waals surface area contributed by atoms with Gasteiger partial charge < -0.3 is 0 Å². The lowest BCUT2D eigenvalue weighted by Gasteiger charge is -2.11. The maximum Gasteiger partial charge on any atom is 0.229 e. The lowest BCUT2D eigenvalue weighted by molar-refractivity contribution is 0.607. The molecule has 3 nitrogen and oxygen atoms in total. The maximum atomic E-state index is 11.4. The molecule has 0 saturated heterocycles. The summed E-state index contributed by atoms with van der Waals surface area (Å²) < 4.78 is 25.3. The zero-order valence-electron chi connectivity index (χ0n) is 10.3. The first-order chi connectivity index (χ1) is 8.46. The number of rotatable bonds is 3. The van der Waals surface area contributed by atoms with Crippen molar-refractivity contribution in [3.05, 3.63) is 54.1 Å². The number of hydrogen-bond donors (Lipinski definition) is 1. The first-order valence-corrected chi connectivity index (χ1v) is 7.49. The summed E-state index contributed by atoms with van der Waals surface area (Å²) in [7, 11) is -3.27. The molecule has 1 N–H and O–H groups in total. The Kier molecular flexibility index (Phi) is 3.39. The predicted molar refractivity (Wildman–Crippen MR) is 75.1 cm³/mol. The van der Waals surface area contributed by atoms with Gasteiger partial charge in [0.2, 0.25) is 10.0 Å². The Morgan fingerprint density at radius 3 is 2.28 bits per heavy atom. The van der Waals surface area contributed by atoms with Gasteiger partial charge in [0.25, 0.3) is 0 Å². The second-order valence-corrected chi connectivity index (χ2v) is 6.04. The molecule has 0 aromatic heterocycles. The third-order valence-corrected chi connectivity index (χ3v) is 3.15. The molecule has 0 aliphatic carbocycles. The average Bonchev–Trinajstić information content (AvgIpc) is 2.31. The van der Waals surface area contributed by atoms with E-state index in [-0.39, 0.29) is 0 Å². The van der Waals surface area contributed by atoms with Gasteiger partial charge in [-0.2, -0.15) is 0 Å². The molecular formula is C14H15NO2S. The van der Waals surface area contributed by atoms with Crippen molar-refractivity contribution in [1.82, 2.24) is 0 Å². The fourth-order valence-corrected chi connectivity index (χ4v) is 2.38. The van der Waals surface area contributed by atoms with E-state index < -0.39 is 10.0 Å². The van der Waals surface area contributed by atoms with Crippen molar-refractivity contribution in [2.45, 2.75) is 6.92 Å². The highest BCUT2D eigenvalue weighted by atomic mass is 32.2. The summed E-state index contributed by atoms with van der Waals surface area (Å²) in [5.41, 5.74) is 3.58. The van der Waals surface area contributed by atoms with Gasteiger partial charge in [-0.1, -0.05) is 42.0 Å². The molecule has 2 aromatic carbocycles. The van der Waals surface area contributed by atoms with E-state index in [0.717, 1.165) is 22.9 Å². The van der Waals surface area contributed by atoms with Crippen LogP contribution in [0.15, 0.2) is 48.5 Å². The highest BCUT2D eigenvalue weighted by Gasteiger charge is 2.09. The summed E-state index contributed by atoms with van der Waals surface area (Å²) in [5.74, 6) is 0. The van der Waals surface area contributed by atoms with E-state index >= 15 is 0 Å². The lowest BCUT2D eigenvalue weighted by atomic mass is 10.0. The van der Waals surface area contributed by atoms with Crippen LogP contribution in [0, 0.1) is 6.92 Å². The lowest BCUT2D eigenvalue weighted by Crippen LogP contribution is -2.10. The van der Waals surface area contributed by atoms with Gasteiger partial charge in [0.1, 0.15) is 0 Å². The van der Waals surface area contributed by atoms with Crippen LogP contribution >= 0.6 is 0 Å². The van der Waals surface area contributed by atoms with Gasteiger partial charge in [-0.25, -0.2) is 8.42 Å². The summed E-state index contributed by atoms with van der Waals surface area (Å²) in [5, 5.41) is 0. The molecule has 4 heteroatoms. The van der Waals surface area contributed by atoms with Crippen LogP contribution < -0.4 is 4.72 Å². The fraction of sp³-hybridized carbons (Fsp3) is 0.143. The van der Waals surface area contributed by atoms with Gasteiger partial charge in [-0.05, 0) is 24.6 Å². The summed E-state index contributed by atoms with van der Waals surface area (Å²) in [6.45, 7) is 1.98. The predicted octanol–water partition coefficient (Wildman–Crippen LogP) is 3.03. The van der Waals surface area contributed by atoms with Crippen molar-refractivity contribution in [2.24, 2.45) is 0 Å². The molecule has 2 rings (SSSR count). The highest BCUT2D eigenvalue weighted by molar-refractivity contribution is 7.92. The number of anilines is 1. The molecule has 0 amide bonds. The topological polar surface area (TPSA) is 46.2 Å². The minimum Gasteiger partial charge on any atom is -0.283 e. The standard InChI is InChI=1S/C14H15NO2S/c1-11-8-9-14(15-18(2,16)17)13(10-11)12-6-4-3-5-7-12/h3-10,15H,1-2H3. The van der Waals surface area contributed by atoms with Crippen LogP contribution in [0.4, 0.5) is 5.69 Å². The number of hydrogen-bond acceptors (Lipinski definition) is 2. The van der Waals surface area contributed by atoms with Gasteiger partial charge in [0, 0.05) is 5.56 Å². The first kappa shape index (κ1) is 12.6. The normalized spacial score (nSPS) is 11.2. The van der Waals surface area contributed by atoms with Crippen molar-refractivity contribution in [3.8, 4) is 11.1 Å². The molecule has 0 fully saturated rings. The Morgan fingerprint density at radius 2 is 1.67 bits per heavy atom. The van der Waals surface area contributed by atoms with Crippen LogP contribution in [0.1, 0.15) is 5.56 Å². The molecule has 0 saturated carbocycles. The van der Waals surface area contributed by atoms with Crippen molar-refractivity contribution in [1.29, 1.82) is 0 Å². The second-order valence-electron chi connectivity index (χ2n) is 4.29. The van der Waals surface area contributed by atoms with Crippen LogP contribution in [-0.2, 0) is 10.0 Å². The Hall–Kier alpha value is -1.81. The Balaban J connectivity index is 2.55. The average molecular weight is 261 g/mol. The number of benzene rings is 2. The van der Waals surface area contributed by atoms with Crippen molar-refractivity contribution in [2.75, 3.05) is 11.0 Å². The van der Waals surface area contributed by atoms with E-state index in [2.05, 4.69) is 4.72 Å². The minimum absolute atomic E-state index is 0.606. The van der Waals surface area contributed by atoms with Crippen LogP contribution in [0.25, 0.3) is 11.1 Å². The zero-order chi connectivity index (χ0) is 13.2. The molecule has 0 spiro atoms. The minimum atomic E-state index is -3.27. The number of nitrogens with one attached hydrogen (secondary N) is 1.